The first-order valence-corrected chi connectivity index (χ1v) is 15.5. The lowest BCUT2D eigenvalue weighted by Crippen LogP contribution is -2.52. The zero-order valence-electron chi connectivity index (χ0n) is 24.3. The van der Waals surface area contributed by atoms with Gasteiger partial charge in [0.15, 0.2) is 5.65 Å². The van der Waals surface area contributed by atoms with Gasteiger partial charge in [0.2, 0.25) is 11.8 Å². The van der Waals surface area contributed by atoms with E-state index in [1.165, 1.54) is 4.90 Å². The predicted molar refractivity (Wildman–Crippen MR) is 166 cm³/mol. The van der Waals surface area contributed by atoms with Gasteiger partial charge in [-0.05, 0) is 38.3 Å². The van der Waals surface area contributed by atoms with E-state index in [-0.39, 0.29) is 48.5 Å². The van der Waals surface area contributed by atoms with Gasteiger partial charge in [-0.1, -0.05) is 41.4 Å². The molecule has 2 aromatic carbocycles. The van der Waals surface area contributed by atoms with Crippen molar-refractivity contribution < 1.29 is 18.8 Å². The third kappa shape index (κ3) is 5.30. The van der Waals surface area contributed by atoms with E-state index >= 15 is 4.39 Å². The normalized spacial score (nSPS) is 19.7. The maximum absolute atomic E-state index is 15.7. The lowest BCUT2D eigenvalue weighted by atomic mass is 9.89. The van der Waals surface area contributed by atoms with Gasteiger partial charge in [0, 0.05) is 53.8 Å². The van der Waals surface area contributed by atoms with E-state index in [9.17, 15) is 14.4 Å². The first-order chi connectivity index (χ1) is 21.6. The molecule has 4 aromatic rings. The van der Waals surface area contributed by atoms with Crippen molar-refractivity contribution in [1.29, 1.82) is 0 Å². The summed E-state index contributed by atoms with van der Waals surface area (Å²) >= 11 is 12.6. The minimum Gasteiger partial charge on any atom is -0.355 e. The number of benzene rings is 2. The molecule has 2 aromatic heterocycles. The number of aromatic nitrogens is 4. The zero-order chi connectivity index (χ0) is 31.5. The Morgan fingerprint density at radius 3 is 2.69 bits per heavy atom. The highest BCUT2D eigenvalue weighted by Gasteiger charge is 2.40. The van der Waals surface area contributed by atoms with Crippen molar-refractivity contribution >= 4 is 57.9 Å². The van der Waals surface area contributed by atoms with Crippen molar-refractivity contribution in [3.63, 3.8) is 0 Å². The van der Waals surface area contributed by atoms with E-state index in [1.807, 2.05) is 12.1 Å². The Morgan fingerprint density at radius 1 is 1.11 bits per heavy atom. The molecule has 3 amide bonds. The van der Waals surface area contributed by atoms with Crippen LogP contribution < -0.4 is 15.5 Å². The van der Waals surface area contributed by atoms with Crippen LogP contribution in [0.2, 0.25) is 10.0 Å². The molecule has 3 aliphatic rings. The van der Waals surface area contributed by atoms with Crippen LogP contribution in [0.3, 0.4) is 0 Å². The molecule has 2 saturated heterocycles. The Bertz CT molecular complexity index is 1870. The van der Waals surface area contributed by atoms with Gasteiger partial charge in [0.05, 0.1) is 22.8 Å². The molecule has 0 saturated carbocycles. The van der Waals surface area contributed by atoms with E-state index in [1.54, 1.807) is 24.4 Å². The average molecular weight is 652 g/mol. The fourth-order valence-electron chi connectivity index (χ4n) is 6.32. The highest BCUT2D eigenvalue weighted by Crippen LogP contribution is 2.36. The van der Waals surface area contributed by atoms with E-state index in [2.05, 4.69) is 37.6 Å². The summed E-state index contributed by atoms with van der Waals surface area (Å²) < 4.78 is 15.7. The highest BCUT2D eigenvalue weighted by atomic mass is 35.5. The maximum Gasteiger partial charge on any atom is 0.255 e. The Kier molecular flexibility index (Phi) is 7.46. The van der Waals surface area contributed by atoms with Crippen LogP contribution in [0.4, 0.5) is 10.2 Å². The summed E-state index contributed by atoms with van der Waals surface area (Å²) in [6.07, 6.45) is 3.68. The average Bonchev–Trinajstić information content (AvgIpc) is 3.59. The number of fused-ring (bicyclic) bond motifs is 2. The molecule has 14 heteroatoms. The largest absolute Gasteiger partial charge is 0.355 e. The summed E-state index contributed by atoms with van der Waals surface area (Å²) in [5.41, 5.74) is 3.17. The SMILES string of the molecule is CC1(NCc2ccc3c(c2F)CN(C2CCC(=O)NC2=O)C3=O)CCN(c2cnc3c(-c4cccc(Cl)c4Cl)n[nH]c3n2)CC1. The molecule has 0 radical (unpaired) electrons. The van der Waals surface area contributed by atoms with Crippen molar-refractivity contribution in [2.75, 3.05) is 18.0 Å². The first kappa shape index (κ1) is 29.6. The van der Waals surface area contributed by atoms with Crippen LogP contribution in [-0.4, -0.2) is 67.5 Å². The number of amides is 3. The van der Waals surface area contributed by atoms with Crippen molar-refractivity contribution in [3.05, 3.63) is 69.1 Å². The molecule has 7 rings (SSSR count). The van der Waals surface area contributed by atoms with Gasteiger partial charge >= 0.3 is 0 Å². The number of hydrogen-bond donors (Lipinski definition) is 3. The van der Waals surface area contributed by atoms with Crippen molar-refractivity contribution in [2.24, 2.45) is 0 Å². The second-order valence-electron chi connectivity index (χ2n) is 12.0. The van der Waals surface area contributed by atoms with Crippen molar-refractivity contribution in [2.45, 2.75) is 57.3 Å². The summed E-state index contributed by atoms with van der Waals surface area (Å²) in [7, 11) is 0. The molecule has 3 aliphatic heterocycles. The van der Waals surface area contributed by atoms with Gasteiger partial charge in [0.25, 0.3) is 5.91 Å². The molecule has 45 heavy (non-hydrogen) atoms. The number of H-pyrrole nitrogens is 1. The van der Waals surface area contributed by atoms with E-state index in [0.717, 1.165) is 18.7 Å². The lowest BCUT2D eigenvalue weighted by Gasteiger charge is -2.40. The Hall–Kier alpha value is -4.13. The number of piperidine rings is 2. The summed E-state index contributed by atoms with van der Waals surface area (Å²) in [5, 5.41) is 14.0. The number of halogens is 3. The molecule has 11 nitrogen and oxygen atoms in total. The smallest absolute Gasteiger partial charge is 0.255 e. The molecule has 3 N–H and O–H groups in total. The van der Waals surface area contributed by atoms with Crippen LogP contribution in [0.5, 0.6) is 0 Å². The molecular formula is C31H29Cl2FN8O3. The lowest BCUT2D eigenvalue weighted by molar-refractivity contribution is -0.136. The van der Waals surface area contributed by atoms with Crippen LogP contribution in [0.15, 0.2) is 36.5 Å². The van der Waals surface area contributed by atoms with Crippen LogP contribution in [0.25, 0.3) is 22.4 Å². The number of nitrogens with one attached hydrogen (secondary N) is 3. The van der Waals surface area contributed by atoms with Crippen LogP contribution in [-0.2, 0) is 22.7 Å². The minimum atomic E-state index is -0.783. The van der Waals surface area contributed by atoms with E-state index in [0.29, 0.717) is 51.1 Å². The number of imide groups is 1. The van der Waals surface area contributed by atoms with Crippen LogP contribution in [0, 0.1) is 5.82 Å². The Labute approximate surface area is 267 Å². The van der Waals surface area contributed by atoms with E-state index in [4.69, 9.17) is 28.2 Å². The third-order valence-electron chi connectivity index (χ3n) is 9.09. The highest BCUT2D eigenvalue weighted by molar-refractivity contribution is 6.43. The summed E-state index contributed by atoms with van der Waals surface area (Å²) in [6.45, 7) is 3.84. The molecule has 0 aliphatic carbocycles. The van der Waals surface area contributed by atoms with E-state index < -0.39 is 23.7 Å². The number of anilines is 1. The van der Waals surface area contributed by atoms with Gasteiger partial charge in [-0.3, -0.25) is 24.8 Å². The number of nitrogens with zero attached hydrogens (tertiary/aromatic N) is 5. The molecule has 0 bridgehead atoms. The fourth-order valence-corrected chi connectivity index (χ4v) is 6.71. The molecule has 1 unspecified atom stereocenters. The fraction of sp³-hybridized carbons (Fsp3) is 0.355. The summed E-state index contributed by atoms with van der Waals surface area (Å²) in [6, 6.07) is 7.84. The number of carbonyl (C=O) groups is 3. The van der Waals surface area contributed by atoms with Gasteiger partial charge in [0.1, 0.15) is 28.9 Å². The van der Waals surface area contributed by atoms with Crippen molar-refractivity contribution in [3.8, 4) is 11.3 Å². The number of rotatable bonds is 6. The first-order valence-electron chi connectivity index (χ1n) is 14.7. The molecule has 0 spiro atoms. The minimum absolute atomic E-state index is 0.00167. The van der Waals surface area contributed by atoms with Crippen LogP contribution in [0.1, 0.15) is 54.1 Å². The number of carbonyl (C=O) groups excluding carboxylic acids is 3. The second kappa shape index (κ2) is 11.3. The zero-order valence-corrected chi connectivity index (χ0v) is 25.8. The maximum atomic E-state index is 15.7. The molecule has 232 valence electrons. The molecule has 5 heterocycles. The number of aromatic amines is 1. The summed E-state index contributed by atoms with van der Waals surface area (Å²) in [4.78, 5) is 49.8. The number of hydrogen-bond acceptors (Lipinski definition) is 8. The molecule has 1 atom stereocenters. The summed E-state index contributed by atoms with van der Waals surface area (Å²) in [5.74, 6) is -0.979. The Balaban J connectivity index is 0.996. The topological polar surface area (TPSA) is 136 Å². The van der Waals surface area contributed by atoms with Gasteiger partial charge in [-0.25, -0.2) is 14.4 Å². The van der Waals surface area contributed by atoms with Gasteiger partial charge in [-0.2, -0.15) is 5.10 Å². The van der Waals surface area contributed by atoms with Crippen LogP contribution >= 0.6 is 23.2 Å². The third-order valence-corrected chi connectivity index (χ3v) is 9.91. The van der Waals surface area contributed by atoms with Crippen molar-refractivity contribution in [1.82, 2.24) is 35.7 Å². The molecule has 2 fully saturated rings. The van der Waals surface area contributed by atoms with Gasteiger partial charge < -0.3 is 15.1 Å². The standard InChI is InChI=1S/C31H29Cl2FN8O3/c1-31(36-13-16-5-6-17-19(25(16)34)15-42(30(17)45)21-7-8-23(43)38-29(21)44)9-11-41(12-10-31)22-14-35-27-26(39-40-28(27)37-22)18-3-2-4-20(32)24(18)33/h2-6,14,21,36H,7-13,15H2,1H3,(H,37,39,40)(H,38,43,44). The quantitative estimate of drug-likeness (QED) is 0.262. The van der Waals surface area contributed by atoms with Gasteiger partial charge in [-0.15, -0.1) is 0 Å². The monoisotopic (exact) mass is 650 g/mol. The second-order valence-corrected chi connectivity index (χ2v) is 12.8. The predicted octanol–water partition coefficient (Wildman–Crippen LogP) is 4.38. The molecular weight excluding hydrogens is 622 g/mol. The Morgan fingerprint density at radius 2 is 1.91 bits per heavy atom.